The molecule has 0 unspecified atom stereocenters. The molecule has 14 heavy (non-hydrogen) atoms. The van der Waals surface area contributed by atoms with Crippen molar-refractivity contribution in [2.75, 3.05) is 5.32 Å². The molecule has 0 heterocycles. The number of carbonyl (C=O) groups is 1. The van der Waals surface area contributed by atoms with Crippen LogP contribution >= 0.6 is 0 Å². The summed E-state index contributed by atoms with van der Waals surface area (Å²) in [5.41, 5.74) is 3.00. The molecule has 1 aromatic carbocycles. The fourth-order valence-corrected chi connectivity index (χ4v) is 1.19. The number of anilines is 1. The first kappa shape index (κ1) is 10.5. The molecular weight excluding hydrogens is 174 g/mol. The fraction of sp³-hybridized carbons (Fsp3) is 0.250. The molecule has 0 radical (unpaired) electrons. The summed E-state index contributed by atoms with van der Waals surface area (Å²) in [6.07, 6.45) is 2.29. The van der Waals surface area contributed by atoms with Crippen LogP contribution in [0.2, 0.25) is 0 Å². The molecule has 1 aromatic rings. The zero-order valence-electron chi connectivity index (χ0n) is 8.63. The van der Waals surface area contributed by atoms with Crippen LogP contribution in [-0.4, -0.2) is 5.91 Å². The van der Waals surface area contributed by atoms with Gasteiger partial charge >= 0.3 is 0 Å². The summed E-state index contributed by atoms with van der Waals surface area (Å²) in [4.78, 5) is 11.2. The number of amides is 1. The Morgan fingerprint density at radius 2 is 2.29 bits per heavy atom. The van der Waals surface area contributed by atoms with E-state index >= 15 is 0 Å². The highest BCUT2D eigenvalue weighted by molar-refractivity contribution is 5.91. The van der Waals surface area contributed by atoms with Gasteiger partial charge < -0.3 is 5.32 Å². The van der Waals surface area contributed by atoms with Gasteiger partial charge in [0, 0.05) is 12.1 Å². The summed E-state index contributed by atoms with van der Waals surface area (Å²) in [6.45, 7) is 7.50. The van der Waals surface area contributed by atoms with Crippen molar-refractivity contribution >= 4 is 17.7 Å². The molecule has 1 rings (SSSR count). The lowest BCUT2D eigenvalue weighted by Crippen LogP contribution is -2.10. The second-order valence-electron chi connectivity index (χ2n) is 3.18. The van der Waals surface area contributed by atoms with Gasteiger partial charge in [-0.2, -0.15) is 0 Å². The van der Waals surface area contributed by atoms with Gasteiger partial charge in [0.05, 0.1) is 0 Å². The number of hydrogen-bond acceptors (Lipinski definition) is 1. The van der Waals surface area contributed by atoms with Gasteiger partial charge in [0.2, 0.25) is 5.91 Å². The van der Waals surface area contributed by atoms with Crippen molar-refractivity contribution in [3.8, 4) is 0 Å². The van der Waals surface area contributed by atoms with Crippen molar-refractivity contribution in [3.05, 3.63) is 35.9 Å². The first-order valence-corrected chi connectivity index (χ1v) is 4.70. The molecule has 0 aliphatic rings. The zero-order chi connectivity index (χ0) is 10.6. The van der Waals surface area contributed by atoms with E-state index in [4.69, 9.17) is 0 Å². The lowest BCUT2D eigenvalue weighted by Gasteiger charge is -2.07. The van der Waals surface area contributed by atoms with Gasteiger partial charge in [-0.1, -0.05) is 25.6 Å². The Bertz CT molecular complexity index is 355. The average Bonchev–Trinajstić information content (AvgIpc) is 2.20. The van der Waals surface area contributed by atoms with E-state index < -0.39 is 0 Å². The maximum absolute atomic E-state index is 11.2. The van der Waals surface area contributed by atoms with Crippen molar-refractivity contribution in [2.24, 2.45) is 0 Å². The van der Waals surface area contributed by atoms with E-state index in [0.717, 1.165) is 16.8 Å². The van der Waals surface area contributed by atoms with E-state index in [-0.39, 0.29) is 5.91 Å². The van der Waals surface area contributed by atoms with Gasteiger partial charge in [0.1, 0.15) is 0 Å². The lowest BCUT2D eigenvalue weighted by molar-refractivity contribution is -0.115. The first-order valence-electron chi connectivity index (χ1n) is 4.70. The summed E-state index contributed by atoms with van der Waals surface area (Å²) in [5, 5.41) is 2.84. The molecule has 1 N–H and O–H groups in total. The van der Waals surface area contributed by atoms with Crippen molar-refractivity contribution in [1.29, 1.82) is 0 Å². The molecule has 2 heteroatoms. The Kier molecular flexibility index (Phi) is 3.46. The molecule has 0 atom stereocenters. The highest BCUT2D eigenvalue weighted by Crippen LogP contribution is 2.17. The number of carbonyl (C=O) groups excluding carboxylic acids is 1. The maximum atomic E-state index is 11.2. The Morgan fingerprint density at radius 3 is 2.79 bits per heavy atom. The quantitative estimate of drug-likeness (QED) is 0.778. The first-order chi connectivity index (χ1) is 6.67. The third-order valence-corrected chi connectivity index (χ3v) is 2.08. The second kappa shape index (κ2) is 4.61. The fourth-order valence-electron chi connectivity index (χ4n) is 1.19. The zero-order valence-corrected chi connectivity index (χ0v) is 8.63. The summed E-state index contributed by atoms with van der Waals surface area (Å²) < 4.78 is 0. The van der Waals surface area contributed by atoms with Gasteiger partial charge in [-0.15, -0.1) is 0 Å². The smallest absolute Gasteiger partial charge is 0.224 e. The molecule has 0 saturated carbocycles. The standard InChI is InChI=1S/C12H15NO/c1-4-10-6-7-11(9(3)8-10)13-12(14)5-2/h4,6-8H,1,5H2,2-3H3,(H,13,14). The molecule has 0 aliphatic heterocycles. The minimum Gasteiger partial charge on any atom is -0.326 e. The van der Waals surface area contributed by atoms with Crippen molar-refractivity contribution in [3.63, 3.8) is 0 Å². The van der Waals surface area contributed by atoms with Crippen LogP contribution in [0.15, 0.2) is 24.8 Å². The third-order valence-electron chi connectivity index (χ3n) is 2.08. The average molecular weight is 189 g/mol. The third kappa shape index (κ3) is 2.46. The molecule has 0 bridgehead atoms. The molecule has 0 aromatic heterocycles. The molecule has 0 aliphatic carbocycles. The van der Waals surface area contributed by atoms with Crippen LogP contribution in [0.25, 0.3) is 6.08 Å². The molecule has 0 saturated heterocycles. The number of rotatable bonds is 3. The van der Waals surface area contributed by atoms with Gasteiger partial charge in [-0.3, -0.25) is 4.79 Å². The van der Waals surface area contributed by atoms with Crippen molar-refractivity contribution in [1.82, 2.24) is 0 Å². The lowest BCUT2D eigenvalue weighted by atomic mass is 10.1. The van der Waals surface area contributed by atoms with E-state index in [1.54, 1.807) is 6.08 Å². The van der Waals surface area contributed by atoms with Crippen LogP contribution in [0.5, 0.6) is 0 Å². The molecule has 2 nitrogen and oxygen atoms in total. The molecular formula is C12H15NO. The van der Waals surface area contributed by atoms with Gasteiger partial charge in [-0.25, -0.2) is 0 Å². The minimum atomic E-state index is 0.0412. The van der Waals surface area contributed by atoms with E-state index in [1.807, 2.05) is 32.0 Å². The molecule has 0 fully saturated rings. The van der Waals surface area contributed by atoms with Gasteiger partial charge in [0.25, 0.3) is 0 Å². The van der Waals surface area contributed by atoms with Crippen LogP contribution < -0.4 is 5.32 Å². The predicted molar refractivity (Wildman–Crippen MR) is 60.2 cm³/mol. The Balaban J connectivity index is 2.89. The van der Waals surface area contributed by atoms with Crippen LogP contribution in [0, 0.1) is 6.92 Å². The summed E-state index contributed by atoms with van der Waals surface area (Å²) in [7, 11) is 0. The van der Waals surface area contributed by atoms with Crippen LogP contribution in [-0.2, 0) is 4.79 Å². The van der Waals surface area contributed by atoms with E-state index in [1.165, 1.54) is 0 Å². The van der Waals surface area contributed by atoms with E-state index in [9.17, 15) is 4.79 Å². The maximum Gasteiger partial charge on any atom is 0.224 e. The monoisotopic (exact) mass is 189 g/mol. The number of hydrogen-bond donors (Lipinski definition) is 1. The summed E-state index contributed by atoms with van der Waals surface area (Å²) >= 11 is 0. The predicted octanol–water partition coefficient (Wildman–Crippen LogP) is 2.99. The number of aryl methyl sites for hydroxylation is 1. The van der Waals surface area contributed by atoms with Crippen molar-refractivity contribution in [2.45, 2.75) is 20.3 Å². The minimum absolute atomic E-state index is 0.0412. The van der Waals surface area contributed by atoms with Crippen LogP contribution in [0.1, 0.15) is 24.5 Å². The van der Waals surface area contributed by atoms with Crippen LogP contribution in [0.4, 0.5) is 5.69 Å². The molecule has 1 amide bonds. The summed E-state index contributed by atoms with van der Waals surface area (Å²) in [5.74, 6) is 0.0412. The normalized spacial score (nSPS) is 9.57. The molecule has 0 spiro atoms. The van der Waals surface area contributed by atoms with E-state index in [2.05, 4.69) is 11.9 Å². The van der Waals surface area contributed by atoms with Gasteiger partial charge in [-0.05, 0) is 30.2 Å². The number of benzene rings is 1. The summed E-state index contributed by atoms with van der Waals surface area (Å²) in [6, 6.07) is 5.84. The highest BCUT2D eigenvalue weighted by Gasteiger charge is 2.01. The Labute approximate surface area is 84.6 Å². The van der Waals surface area contributed by atoms with Gasteiger partial charge in [0.15, 0.2) is 0 Å². The SMILES string of the molecule is C=Cc1ccc(NC(=O)CC)c(C)c1. The Morgan fingerprint density at radius 1 is 1.57 bits per heavy atom. The second-order valence-corrected chi connectivity index (χ2v) is 3.18. The van der Waals surface area contributed by atoms with Crippen molar-refractivity contribution < 1.29 is 4.79 Å². The van der Waals surface area contributed by atoms with E-state index in [0.29, 0.717) is 6.42 Å². The Hall–Kier alpha value is -1.57. The van der Waals surface area contributed by atoms with Crippen LogP contribution in [0.3, 0.4) is 0 Å². The highest BCUT2D eigenvalue weighted by atomic mass is 16.1. The largest absolute Gasteiger partial charge is 0.326 e. The number of nitrogens with one attached hydrogen (secondary N) is 1. The topological polar surface area (TPSA) is 29.1 Å². The molecule has 74 valence electrons.